The smallest absolute Gasteiger partial charge is 0.141 e. The van der Waals surface area contributed by atoms with Gasteiger partial charge in [0.2, 0.25) is 0 Å². The summed E-state index contributed by atoms with van der Waals surface area (Å²) in [6.07, 6.45) is 9.61. The van der Waals surface area contributed by atoms with E-state index in [1.165, 1.54) is 36.6 Å². The second-order valence-electron chi connectivity index (χ2n) is 6.73. The van der Waals surface area contributed by atoms with Crippen LogP contribution in [-0.4, -0.2) is 40.9 Å². The molecular weight excluding hydrogens is 380 g/mol. The molecule has 0 unspecified atom stereocenters. The summed E-state index contributed by atoms with van der Waals surface area (Å²) in [4.78, 5) is 0. The van der Waals surface area contributed by atoms with Crippen LogP contribution < -0.4 is 14.2 Å². The molecule has 3 aromatic rings. The predicted molar refractivity (Wildman–Crippen MR) is 117 cm³/mol. The maximum Gasteiger partial charge on any atom is 0.141 e. The number of ether oxygens (including phenoxy) is 3. The lowest BCUT2D eigenvalue weighted by Crippen LogP contribution is -2.09. The molecule has 0 saturated heterocycles. The second kappa shape index (κ2) is 12.3. The Kier molecular flexibility index (Phi) is 8.73. The van der Waals surface area contributed by atoms with Gasteiger partial charge in [-0.15, -0.1) is 10.2 Å². The zero-order chi connectivity index (χ0) is 20.9. The van der Waals surface area contributed by atoms with E-state index in [1.807, 2.05) is 48.5 Å². The van der Waals surface area contributed by atoms with Crippen molar-refractivity contribution in [1.82, 2.24) is 14.9 Å². The minimum Gasteiger partial charge on any atom is -0.494 e. The van der Waals surface area contributed by atoms with Gasteiger partial charge in [-0.05, 0) is 60.5 Å². The van der Waals surface area contributed by atoms with Gasteiger partial charge in [-0.2, -0.15) is 5.10 Å². The van der Waals surface area contributed by atoms with Crippen molar-refractivity contribution in [3.05, 3.63) is 66.7 Å². The molecule has 0 fully saturated rings. The molecule has 158 valence electrons. The molecule has 0 bridgehead atoms. The van der Waals surface area contributed by atoms with E-state index < -0.39 is 0 Å². The standard InChI is InChI=1S/C23H28N4O3/c1-2-3-4-5-14-28-22-10-12-23(13-11-22)30-16-15-29-21-8-6-20(7-9-21)17-26-27-18-24-25-19-27/h6-13,17-19H,2-5,14-16H2,1H3/b26-17-. The van der Waals surface area contributed by atoms with Gasteiger partial charge in [0.15, 0.2) is 0 Å². The van der Waals surface area contributed by atoms with E-state index in [9.17, 15) is 0 Å². The third-order valence-corrected chi connectivity index (χ3v) is 4.34. The van der Waals surface area contributed by atoms with Crippen LogP contribution in [-0.2, 0) is 0 Å². The Hall–Kier alpha value is -3.35. The van der Waals surface area contributed by atoms with Crippen LogP contribution in [0.15, 0.2) is 66.3 Å². The molecule has 1 heterocycles. The first-order chi connectivity index (χ1) is 14.8. The average molecular weight is 409 g/mol. The number of unbranched alkanes of at least 4 members (excludes halogenated alkanes) is 3. The Morgan fingerprint density at radius 2 is 1.27 bits per heavy atom. The molecule has 2 aromatic carbocycles. The van der Waals surface area contributed by atoms with Crippen molar-refractivity contribution in [2.75, 3.05) is 19.8 Å². The quantitative estimate of drug-likeness (QED) is 0.306. The summed E-state index contributed by atoms with van der Waals surface area (Å²) in [5.74, 6) is 2.47. The molecule has 0 atom stereocenters. The molecule has 0 N–H and O–H groups in total. The fourth-order valence-electron chi connectivity index (χ4n) is 2.71. The van der Waals surface area contributed by atoms with Crippen LogP contribution in [0.2, 0.25) is 0 Å². The number of nitrogens with zero attached hydrogens (tertiary/aromatic N) is 4. The van der Waals surface area contributed by atoms with Crippen LogP contribution in [0.5, 0.6) is 17.2 Å². The lowest BCUT2D eigenvalue weighted by molar-refractivity contribution is 0.217. The molecule has 0 amide bonds. The second-order valence-corrected chi connectivity index (χ2v) is 6.73. The van der Waals surface area contributed by atoms with E-state index in [0.717, 1.165) is 35.8 Å². The lowest BCUT2D eigenvalue weighted by atomic mass is 10.2. The van der Waals surface area contributed by atoms with E-state index >= 15 is 0 Å². The predicted octanol–water partition coefficient (Wildman–Crippen LogP) is 4.58. The van der Waals surface area contributed by atoms with Crippen LogP contribution in [0.3, 0.4) is 0 Å². The van der Waals surface area contributed by atoms with Gasteiger partial charge in [0.05, 0.1) is 12.8 Å². The maximum absolute atomic E-state index is 5.74. The van der Waals surface area contributed by atoms with Gasteiger partial charge in [-0.25, -0.2) is 4.68 Å². The van der Waals surface area contributed by atoms with E-state index in [-0.39, 0.29) is 0 Å². The zero-order valence-corrected chi connectivity index (χ0v) is 17.3. The highest BCUT2D eigenvalue weighted by Gasteiger charge is 1.99. The molecule has 0 aliphatic heterocycles. The molecule has 0 saturated carbocycles. The minimum atomic E-state index is 0.462. The fourth-order valence-corrected chi connectivity index (χ4v) is 2.71. The zero-order valence-electron chi connectivity index (χ0n) is 17.3. The molecule has 0 radical (unpaired) electrons. The molecule has 3 rings (SSSR count). The summed E-state index contributed by atoms with van der Waals surface area (Å²) in [6.45, 7) is 3.90. The summed E-state index contributed by atoms with van der Waals surface area (Å²) in [6, 6.07) is 15.4. The van der Waals surface area contributed by atoms with Gasteiger partial charge in [-0.3, -0.25) is 0 Å². The third-order valence-electron chi connectivity index (χ3n) is 4.34. The Morgan fingerprint density at radius 3 is 1.83 bits per heavy atom. The molecule has 0 spiro atoms. The molecule has 7 heteroatoms. The number of hydrogen-bond donors (Lipinski definition) is 0. The van der Waals surface area contributed by atoms with Crippen molar-refractivity contribution in [2.45, 2.75) is 32.6 Å². The molecule has 1 aromatic heterocycles. The fraction of sp³-hybridized carbons (Fsp3) is 0.348. The SMILES string of the molecule is CCCCCCOc1ccc(OCCOc2ccc(/C=N\n3cnnc3)cc2)cc1. The number of aromatic nitrogens is 3. The molecule has 7 nitrogen and oxygen atoms in total. The number of hydrogen-bond acceptors (Lipinski definition) is 6. The van der Waals surface area contributed by atoms with Crippen LogP contribution in [0, 0.1) is 0 Å². The van der Waals surface area contributed by atoms with Crippen molar-refractivity contribution in [2.24, 2.45) is 5.10 Å². The van der Waals surface area contributed by atoms with Gasteiger partial charge in [0, 0.05) is 0 Å². The van der Waals surface area contributed by atoms with Crippen molar-refractivity contribution < 1.29 is 14.2 Å². The summed E-state index contributed by atoms with van der Waals surface area (Å²) in [7, 11) is 0. The van der Waals surface area contributed by atoms with Crippen LogP contribution in [0.25, 0.3) is 0 Å². The molecule has 30 heavy (non-hydrogen) atoms. The van der Waals surface area contributed by atoms with E-state index in [4.69, 9.17) is 14.2 Å². The highest BCUT2D eigenvalue weighted by Crippen LogP contribution is 2.18. The van der Waals surface area contributed by atoms with E-state index in [0.29, 0.717) is 13.2 Å². The average Bonchev–Trinajstić information content (AvgIpc) is 3.31. The van der Waals surface area contributed by atoms with Crippen molar-refractivity contribution >= 4 is 6.21 Å². The molecule has 0 aliphatic rings. The van der Waals surface area contributed by atoms with Crippen molar-refractivity contribution in [3.63, 3.8) is 0 Å². The van der Waals surface area contributed by atoms with Gasteiger partial charge in [-0.1, -0.05) is 26.2 Å². The van der Waals surface area contributed by atoms with Crippen LogP contribution in [0.1, 0.15) is 38.2 Å². The summed E-state index contributed by atoms with van der Waals surface area (Å²) in [5.41, 5.74) is 0.958. The topological polar surface area (TPSA) is 70.8 Å². The van der Waals surface area contributed by atoms with E-state index in [2.05, 4.69) is 22.2 Å². The lowest BCUT2D eigenvalue weighted by Gasteiger charge is -2.10. The Morgan fingerprint density at radius 1 is 0.733 bits per heavy atom. The largest absolute Gasteiger partial charge is 0.494 e. The number of rotatable bonds is 13. The third kappa shape index (κ3) is 7.58. The summed E-state index contributed by atoms with van der Waals surface area (Å²) >= 11 is 0. The van der Waals surface area contributed by atoms with Crippen molar-refractivity contribution in [1.29, 1.82) is 0 Å². The summed E-state index contributed by atoms with van der Waals surface area (Å²) < 4.78 is 18.7. The highest BCUT2D eigenvalue weighted by atomic mass is 16.5. The molecular formula is C23H28N4O3. The van der Waals surface area contributed by atoms with Gasteiger partial charge >= 0.3 is 0 Å². The van der Waals surface area contributed by atoms with Gasteiger partial charge < -0.3 is 14.2 Å². The van der Waals surface area contributed by atoms with Gasteiger partial charge in [0.1, 0.15) is 43.1 Å². The maximum atomic E-state index is 5.74. The van der Waals surface area contributed by atoms with Crippen LogP contribution >= 0.6 is 0 Å². The first-order valence-corrected chi connectivity index (χ1v) is 10.3. The van der Waals surface area contributed by atoms with E-state index in [1.54, 1.807) is 6.21 Å². The summed E-state index contributed by atoms with van der Waals surface area (Å²) in [5, 5.41) is 11.6. The Labute approximate surface area is 177 Å². The molecule has 0 aliphatic carbocycles. The first kappa shape index (κ1) is 21.4. The monoisotopic (exact) mass is 408 g/mol. The Bertz CT molecular complexity index is 862. The minimum absolute atomic E-state index is 0.462. The Balaban J connectivity index is 1.32. The number of benzene rings is 2. The van der Waals surface area contributed by atoms with Gasteiger partial charge in [0.25, 0.3) is 0 Å². The van der Waals surface area contributed by atoms with Crippen molar-refractivity contribution in [3.8, 4) is 17.2 Å². The highest BCUT2D eigenvalue weighted by molar-refractivity contribution is 5.79. The first-order valence-electron chi connectivity index (χ1n) is 10.3. The van der Waals surface area contributed by atoms with Crippen LogP contribution in [0.4, 0.5) is 0 Å². The normalized spacial score (nSPS) is 11.0.